The number of nitrogens with zero attached hydrogens (tertiary/aromatic N) is 3. The van der Waals surface area contributed by atoms with Gasteiger partial charge in [0.2, 0.25) is 0 Å². The zero-order valence-electron chi connectivity index (χ0n) is 17.0. The average Bonchev–Trinajstić information content (AvgIpc) is 2.68. The third-order valence-corrected chi connectivity index (χ3v) is 4.70. The van der Waals surface area contributed by atoms with Crippen LogP contribution in [0.25, 0.3) is 0 Å². The molecule has 6 nitrogen and oxygen atoms in total. The van der Waals surface area contributed by atoms with E-state index in [1.54, 1.807) is 7.11 Å². The number of nitrogens with one attached hydrogen (secondary N) is 2. The van der Waals surface area contributed by atoms with E-state index < -0.39 is 0 Å². The van der Waals surface area contributed by atoms with E-state index in [0.29, 0.717) is 13.2 Å². The molecule has 1 aliphatic heterocycles. The van der Waals surface area contributed by atoms with Gasteiger partial charge in [-0.1, -0.05) is 31.2 Å². The van der Waals surface area contributed by atoms with Crippen LogP contribution in [0.1, 0.15) is 25.0 Å². The maximum Gasteiger partial charge on any atom is 0.191 e. The first-order valence-electron chi connectivity index (χ1n) is 9.78. The van der Waals surface area contributed by atoms with Gasteiger partial charge in [-0.15, -0.1) is 24.0 Å². The largest absolute Gasteiger partial charge is 0.383 e. The average molecular weight is 489 g/mol. The zero-order chi connectivity index (χ0) is 18.6. The Bertz CT molecular complexity index is 530. The number of piperazine rings is 1. The number of rotatable bonds is 9. The van der Waals surface area contributed by atoms with Gasteiger partial charge >= 0.3 is 0 Å². The minimum absolute atomic E-state index is 0. The van der Waals surface area contributed by atoms with E-state index in [1.807, 2.05) is 0 Å². The van der Waals surface area contributed by atoms with E-state index in [4.69, 9.17) is 4.74 Å². The van der Waals surface area contributed by atoms with E-state index in [-0.39, 0.29) is 24.0 Å². The minimum atomic E-state index is 0. The molecule has 0 amide bonds. The normalized spacial score (nSPS) is 16.0. The van der Waals surface area contributed by atoms with Crippen molar-refractivity contribution < 1.29 is 4.74 Å². The Labute approximate surface area is 181 Å². The van der Waals surface area contributed by atoms with Crippen molar-refractivity contribution >= 4 is 29.9 Å². The Hall–Kier alpha value is -0.900. The highest BCUT2D eigenvalue weighted by atomic mass is 127. The van der Waals surface area contributed by atoms with E-state index in [2.05, 4.69) is 63.5 Å². The number of methoxy groups -OCH3 is 1. The smallest absolute Gasteiger partial charge is 0.191 e. The summed E-state index contributed by atoms with van der Waals surface area (Å²) < 4.78 is 5.07. The van der Waals surface area contributed by atoms with Crippen molar-refractivity contribution in [2.24, 2.45) is 4.99 Å². The molecule has 2 N–H and O–H groups in total. The SMILES string of the molecule is CCNC(=NCc1ccc(CN2CCN(CC)CC2)cc1)NCCOC.I. The van der Waals surface area contributed by atoms with Gasteiger partial charge in [-0.25, -0.2) is 4.99 Å². The fourth-order valence-corrected chi connectivity index (χ4v) is 3.06. The molecule has 0 atom stereocenters. The highest BCUT2D eigenvalue weighted by molar-refractivity contribution is 14.0. The summed E-state index contributed by atoms with van der Waals surface area (Å²) in [5.74, 6) is 0.836. The quantitative estimate of drug-likeness (QED) is 0.241. The molecule has 0 spiro atoms. The highest BCUT2D eigenvalue weighted by Gasteiger charge is 2.15. The van der Waals surface area contributed by atoms with Crippen LogP contribution in [-0.4, -0.2) is 75.3 Å². The molecule has 154 valence electrons. The molecule has 0 aliphatic carbocycles. The predicted octanol–water partition coefficient (Wildman–Crippen LogP) is 2.14. The molecule has 1 aliphatic rings. The van der Waals surface area contributed by atoms with Crippen LogP contribution in [0.2, 0.25) is 0 Å². The number of halogens is 1. The molecule has 0 radical (unpaired) electrons. The molecular weight excluding hydrogens is 453 g/mol. The Morgan fingerprint density at radius 2 is 1.63 bits per heavy atom. The van der Waals surface area contributed by atoms with Crippen LogP contribution >= 0.6 is 24.0 Å². The van der Waals surface area contributed by atoms with Crippen molar-refractivity contribution in [3.05, 3.63) is 35.4 Å². The third kappa shape index (κ3) is 9.23. The topological polar surface area (TPSA) is 52.1 Å². The first kappa shape index (κ1) is 24.1. The van der Waals surface area contributed by atoms with Gasteiger partial charge in [0, 0.05) is 52.9 Å². The second-order valence-corrected chi connectivity index (χ2v) is 6.64. The summed E-state index contributed by atoms with van der Waals surface area (Å²) in [6.45, 7) is 14.2. The molecule has 7 heteroatoms. The predicted molar refractivity (Wildman–Crippen MR) is 124 cm³/mol. The summed E-state index contributed by atoms with van der Waals surface area (Å²) in [4.78, 5) is 9.70. The van der Waals surface area contributed by atoms with E-state index in [0.717, 1.165) is 32.1 Å². The van der Waals surface area contributed by atoms with Crippen LogP contribution in [0.15, 0.2) is 29.3 Å². The molecule has 0 aromatic heterocycles. The second kappa shape index (κ2) is 14.1. The number of likely N-dealkylation sites (N-methyl/N-ethyl adjacent to an activating group) is 1. The summed E-state index contributed by atoms with van der Waals surface area (Å²) in [6, 6.07) is 8.87. The van der Waals surface area contributed by atoms with Gasteiger partial charge < -0.3 is 20.3 Å². The number of aliphatic imine (C=N–C) groups is 1. The number of benzene rings is 1. The number of hydrogen-bond acceptors (Lipinski definition) is 4. The van der Waals surface area contributed by atoms with Gasteiger partial charge in [0.1, 0.15) is 0 Å². The molecular formula is C20H36IN5O. The number of hydrogen-bond donors (Lipinski definition) is 2. The molecule has 1 aromatic rings. The molecule has 1 heterocycles. The van der Waals surface area contributed by atoms with Crippen molar-refractivity contribution in [2.45, 2.75) is 26.9 Å². The van der Waals surface area contributed by atoms with Crippen molar-refractivity contribution in [3.63, 3.8) is 0 Å². The first-order valence-corrected chi connectivity index (χ1v) is 9.78. The number of guanidine groups is 1. The van der Waals surface area contributed by atoms with Gasteiger partial charge in [0.05, 0.1) is 13.2 Å². The zero-order valence-corrected chi connectivity index (χ0v) is 19.4. The van der Waals surface area contributed by atoms with Crippen LogP contribution in [0.5, 0.6) is 0 Å². The lowest BCUT2D eigenvalue weighted by atomic mass is 10.1. The van der Waals surface area contributed by atoms with Gasteiger partial charge in [-0.05, 0) is 24.6 Å². The Balaban J connectivity index is 0.00000364. The van der Waals surface area contributed by atoms with Crippen LogP contribution in [0.3, 0.4) is 0 Å². The van der Waals surface area contributed by atoms with Gasteiger partial charge in [0.25, 0.3) is 0 Å². The summed E-state index contributed by atoms with van der Waals surface area (Å²) in [5, 5.41) is 6.53. The molecule has 1 aromatic carbocycles. The van der Waals surface area contributed by atoms with Crippen molar-refractivity contribution in [2.75, 3.05) is 59.5 Å². The first-order chi connectivity index (χ1) is 12.7. The fourth-order valence-electron chi connectivity index (χ4n) is 3.06. The van der Waals surface area contributed by atoms with Gasteiger partial charge in [0.15, 0.2) is 5.96 Å². The molecule has 0 bridgehead atoms. The molecule has 1 saturated heterocycles. The lowest BCUT2D eigenvalue weighted by Crippen LogP contribution is -2.45. The van der Waals surface area contributed by atoms with E-state index in [1.165, 1.54) is 37.3 Å². The Morgan fingerprint density at radius 3 is 2.22 bits per heavy atom. The lowest BCUT2D eigenvalue weighted by Gasteiger charge is -2.34. The van der Waals surface area contributed by atoms with Gasteiger partial charge in [-0.3, -0.25) is 4.90 Å². The summed E-state index contributed by atoms with van der Waals surface area (Å²) in [7, 11) is 1.71. The van der Waals surface area contributed by atoms with Crippen LogP contribution in [-0.2, 0) is 17.8 Å². The van der Waals surface area contributed by atoms with Crippen molar-refractivity contribution in [1.29, 1.82) is 0 Å². The highest BCUT2D eigenvalue weighted by Crippen LogP contribution is 2.11. The minimum Gasteiger partial charge on any atom is -0.383 e. The molecule has 2 rings (SSSR count). The molecule has 1 fully saturated rings. The summed E-state index contributed by atoms with van der Waals surface area (Å²) >= 11 is 0. The lowest BCUT2D eigenvalue weighted by molar-refractivity contribution is 0.132. The monoisotopic (exact) mass is 489 g/mol. The van der Waals surface area contributed by atoms with E-state index >= 15 is 0 Å². The second-order valence-electron chi connectivity index (χ2n) is 6.64. The molecule has 27 heavy (non-hydrogen) atoms. The van der Waals surface area contributed by atoms with E-state index in [9.17, 15) is 0 Å². The van der Waals surface area contributed by atoms with Crippen LogP contribution < -0.4 is 10.6 Å². The molecule has 0 unspecified atom stereocenters. The summed E-state index contributed by atoms with van der Waals surface area (Å²) in [6.07, 6.45) is 0. The Morgan fingerprint density at radius 1 is 1.00 bits per heavy atom. The third-order valence-electron chi connectivity index (χ3n) is 4.70. The van der Waals surface area contributed by atoms with Crippen LogP contribution in [0.4, 0.5) is 0 Å². The summed E-state index contributed by atoms with van der Waals surface area (Å²) in [5.41, 5.74) is 2.61. The van der Waals surface area contributed by atoms with Crippen LogP contribution in [0, 0.1) is 0 Å². The number of ether oxygens (including phenoxy) is 1. The maximum atomic E-state index is 5.07. The Kier molecular flexibility index (Phi) is 12.6. The van der Waals surface area contributed by atoms with Crippen molar-refractivity contribution in [1.82, 2.24) is 20.4 Å². The van der Waals surface area contributed by atoms with Gasteiger partial charge in [-0.2, -0.15) is 0 Å². The standard InChI is InChI=1S/C20H35N5O.HI/c1-4-21-20(22-10-15-26-3)23-16-18-6-8-19(9-7-18)17-25-13-11-24(5-2)12-14-25;/h6-9H,4-5,10-17H2,1-3H3,(H2,21,22,23);1H. The fraction of sp³-hybridized carbons (Fsp3) is 0.650. The molecule has 0 saturated carbocycles. The van der Waals surface area contributed by atoms with Crippen molar-refractivity contribution in [3.8, 4) is 0 Å². The maximum absolute atomic E-state index is 5.07.